The summed E-state index contributed by atoms with van der Waals surface area (Å²) in [5.74, 6) is 0.752. The van der Waals surface area contributed by atoms with Crippen LogP contribution in [-0.4, -0.2) is 45.5 Å². The first-order valence-electron chi connectivity index (χ1n) is 9.18. The van der Waals surface area contributed by atoms with Crippen LogP contribution < -0.4 is 10.6 Å². The van der Waals surface area contributed by atoms with E-state index in [1.807, 2.05) is 19.1 Å². The van der Waals surface area contributed by atoms with E-state index in [-0.39, 0.29) is 6.61 Å². The van der Waals surface area contributed by atoms with Crippen molar-refractivity contribution in [2.45, 2.75) is 45.5 Å². The molecule has 1 rings (SSSR count). The highest BCUT2D eigenvalue weighted by molar-refractivity contribution is 5.79. The van der Waals surface area contributed by atoms with Crippen LogP contribution in [0, 0.1) is 0 Å². The van der Waals surface area contributed by atoms with Gasteiger partial charge in [-0.15, -0.1) is 0 Å². The number of hydrogen-bond donors (Lipinski definition) is 2. The average Bonchev–Trinajstić information content (AvgIpc) is 2.62. The maximum absolute atomic E-state index is 12.1. The van der Waals surface area contributed by atoms with E-state index in [9.17, 15) is 13.2 Å². The summed E-state index contributed by atoms with van der Waals surface area (Å²) >= 11 is 0. The van der Waals surface area contributed by atoms with E-state index < -0.39 is 12.8 Å². The smallest absolute Gasteiger partial charge is 0.385 e. The quantitative estimate of drug-likeness (QED) is 0.326. The first kappa shape index (κ1) is 23.2. The van der Waals surface area contributed by atoms with Gasteiger partial charge in [-0.25, -0.2) is 4.99 Å². The number of benzene rings is 1. The van der Waals surface area contributed by atoms with Gasteiger partial charge in [0.05, 0.1) is 13.2 Å². The predicted molar refractivity (Wildman–Crippen MR) is 101 cm³/mol. The van der Waals surface area contributed by atoms with Gasteiger partial charge in [0, 0.05) is 26.8 Å². The fraction of sp³-hybridized carbons (Fsp3) is 0.632. The third-order valence-electron chi connectivity index (χ3n) is 3.64. The lowest BCUT2D eigenvalue weighted by atomic mass is 10.1. The number of ether oxygens (including phenoxy) is 2. The molecule has 0 unspecified atom stereocenters. The van der Waals surface area contributed by atoms with Gasteiger partial charge in [0.25, 0.3) is 0 Å². The Balaban J connectivity index is 2.39. The topological polar surface area (TPSA) is 54.9 Å². The highest BCUT2D eigenvalue weighted by Gasteiger charge is 2.27. The fourth-order valence-electron chi connectivity index (χ4n) is 2.29. The minimum atomic E-state index is -4.30. The second-order valence-corrected chi connectivity index (χ2v) is 6.10. The van der Waals surface area contributed by atoms with Crippen molar-refractivity contribution < 1.29 is 22.6 Å². The molecule has 0 radical (unpaired) electrons. The second-order valence-electron chi connectivity index (χ2n) is 6.10. The first-order chi connectivity index (χ1) is 12.9. The van der Waals surface area contributed by atoms with Crippen LogP contribution in [-0.2, 0) is 22.6 Å². The van der Waals surface area contributed by atoms with Crippen molar-refractivity contribution in [2.75, 3.05) is 33.4 Å². The zero-order valence-corrected chi connectivity index (χ0v) is 16.1. The Morgan fingerprint density at radius 2 is 1.74 bits per heavy atom. The zero-order valence-electron chi connectivity index (χ0n) is 16.1. The van der Waals surface area contributed by atoms with E-state index >= 15 is 0 Å². The molecule has 0 aromatic heterocycles. The van der Waals surface area contributed by atoms with Crippen LogP contribution in [0.3, 0.4) is 0 Å². The Labute approximate surface area is 159 Å². The Morgan fingerprint density at radius 3 is 2.37 bits per heavy atom. The number of unbranched alkanes of at least 4 members (excludes halogenated alkanes) is 2. The summed E-state index contributed by atoms with van der Waals surface area (Å²) in [4.78, 5) is 4.53. The highest BCUT2D eigenvalue weighted by Crippen LogP contribution is 2.16. The fourth-order valence-corrected chi connectivity index (χ4v) is 2.29. The number of hydrogen-bond acceptors (Lipinski definition) is 3. The minimum absolute atomic E-state index is 0.0592. The van der Waals surface area contributed by atoms with E-state index in [2.05, 4.69) is 20.4 Å². The molecule has 0 saturated heterocycles. The Morgan fingerprint density at radius 1 is 1.04 bits per heavy atom. The number of rotatable bonds is 12. The summed E-state index contributed by atoms with van der Waals surface area (Å²) in [6.45, 7) is 3.59. The molecule has 27 heavy (non-hydrogen) atoms. The van der Waals surface area contributed by atoms with Crippen LogP contribution in [0.25, 0.3) is 0 Å². The SMILES string of the molecule is CCNC(=NCc1ccc(COCC(F)(F)F)cc1)NCCCCCOC. The summed E-state index contributed by atoms with van der Waals surface area (Å²) in [6, 6.07) is 7.23. The molecule has 0 atom stereocenters. The molecule has 0 aliphatic heterocycles. The molecule has 0 fully saturated rings. The lowest BCUT2D eigenvalue weighted by Gasteiger charge is -2.11. The molecule has 2 N–H and O–H groups in total. The van der Waals surface area contributed by atoms with Gasteiger partial charge in [-0.1, -0.05) is 24.3 Å². The number of halogens is 3. The van der Waals surface area contributed by atoms with Gasteiger partial charge in [-0.3, -0.25) is 0 Å². The van der Waals surface area contributed by atoms with Crippen LogP contribution in [0.4, 0.5) is 13.2 Å². The Bertz CT molecular complexity index is 534. The van der Waals surface area contributed by atoms with E-state index in [1.165, 1.54) is 0 Å². The number of nitrogens with one attached hydrogen (secondary N) is 2. The van der Waals surface area contributed by atoms with Gasteiger partial charge in [-0.05, 0) is 37.3 Å². The van der Waals surface area contributed by atoms with Crippen molar-refractivity contribution in [1.29, 1.82) is 0 Å². The molecule has 1 aromatic carbocycles. The van der Waals surface area contributed by atoms with Crippen molar-refractivity contribution in [3.8, 4) is 0 Å². The molecule has 0 saturated carbocycles. The van der Waals surface area contributed by atoms with Gasteiger partial charge >= 0.3 is 6.18 Å². The van der Waals surface area contributed by atoms with Gasteiger partial charge < -0.3 is 20.1 Å². The largest absolute Gasteiger partial charge is 0.411 e. The number of alkyl halides is 3. The van der Waals surface area contributed by atoms with Gasteiger partial charge in [0.15, 0.2) is 5.96 Å². The summed E-state index contributed by atoms with van der Waals surface area (Å²) in [5, 5.41) is 6.49. The number of aliphatic imine (C=N–C) groups is 1. The molecule has 0 aliphatic rings. The molecule has 1 aromatic rings. The lowest BCUT2D eigenvalue weighted by Crippen LogP contribution is -2.37. The molecule has 0 spiro atoms. The van der Waals surface area contributed by atoms with Crippen molar-refractivity contribution in [1.82, 2.24) is 10.6 Å². The highest BCUT2D eigenvalue weighted by atomic mass is 19.4. The Kier molecular flexibility index (Phi) is 11.5. The molecular formula is C19H30F3N3O2. The molecule has 154 valence electrons. The van der Waals surface area contributed by atoms with Gasteiger partial charge in [0.1, 0.15) is 6.61 Å². The van der Waals surface area contributed by atoms with Crippen molar-refractivity contribution in [3.63, 3.8) is 0 Å². The molecule has 0 aliphatic carbocycles. The van der Waals surface area contributed by atoms with Crippen LogP contribution >= 0.6 is 0 Å². The molecule has 0 amide bonds. The van der Waals surface area contributed by atoms with Gasteiger partial charge in [0.2, 0.25) is 0 Å². The third kappa shape index (κ3) is 12.3. The summed E-state index contributed by atoms with van der Waals surface area (Å²) in [6.07, 6.45) is -1.11. The third-order valence-corrected chi connectivity index (χ3v) is 3.64. The number of guanidine groups is 1. The molecule has 8 heteroatoms. The van der Waals surface area contributed by atoms with Crippen molar-refractivity contribution >= 4 is 5.96 Å². The van der Waals surface area contributed by atoms with Gasteiger partial charge in [-0.2, -0.15) is 13.2 Å². The second kappa shape index (κ2) is 13.4. The summed E-state index contributed by atoms with van der Waals surface area (Å²) in [5.41, 5.74) is 1.68. The number of methoxy groups -OCH3 is 1. The standard InChI is InChI=1S/C19H30F3N3O2/c1-3-23-18(24-11-5-4-6-12-26-2)25-13-16-7-9-17(10-8-16)14-27-15-19(20,21)22/h7-10H,3-6,11-15H2,1-2H3,(H2,23,24,25). The number of nitrogens with zero attached hydrogens (tertiary/aromatic N) is 1. The maximum Gasteiger partial charge on any atom is 0.411 e. The molecular weight excluding hydrogens is 359 g/mol. The van der Waals surface area contributed by atoms with Crippen LogP contribution in [0.1, 0.15) is 37.3 Å². The van der Waals surface area contributed by atoms with Crippen LogP contribution in [0.2, 0.25) is 0 Å². The summed E-state index contributed by atoms with van der Waals surface area (Å²) < 4.78 is 45.9. The minimum Gasteiger partial charge on any atom is -0.385 e. The molecule has 5 nitrogen and oxygen atoms in total. The van der Waals surface area contributed by atoms with E-state index in [4.69, 9.17) is 4.74 Å². The van der Waals surface area contributed by atoms with E-state index in [1.54, 1.807) is 19.2 Å². The predicted octanol–water partition coefficient (Wildman–Crippen LogP) is 3.64. The van der Waals surface area contributed by atoms with Crippen molar-refractivity contribution in [3.05, 3.63) is 35.4 Å². The van der Waals surface area contributed by atoms with Crippen LogP contribution in [0.15, 0.2) is 29.3 Å². The van der Waals surface area contributed by atoms with E-state index in [0.717, 1.165) is 50.5 Å². The van der Waals surface area contributed by atoms with Crippen LogP contribution in [0.5, 0.6) is 0 Å². The lowest BCUT2D eigenvalue weighted by molar-refractivity contribution is -0.176. The maximum atomic E-state index is 12.1. The van der Waals surface area contributed by atoms with E-state index in [0.29, 0.717) is 12.1 Å². The first-order valence-corrected chi connectivity index (χ1v) is 9.18. The summed E-state index contributed by atoms with van der Waals surface area (Å²) in [7, 11) is 1.70. The molecule has 0 heterocycles. The van der Waals surface area contributed by atoms with Crippen molar-refractivity contribution in [2.24, 2.45) is 4.99 Å². The zero-order chi connectivity index (χ0) is 20.0. The monoisotopic (exact) mass is 389 g/mol. The average molecular weight is 389 g/mol. The molecule has 0 bridgehead atoms. The normalized spacial score (nSPS) is 12.3. The Hall–Kier alpha value is -1.80.